The fourth-order valence-corrected chi connectivity index (χ4v) is 2.72. The molecule has 2 aromatic rings. The van der Waals surface area contributed by atoms with Crippen LogP contribution < -0.4 is 10.5 Å². The summed E-state index contributed by atoms with van der Waals surface area (Å²) in [5.74, 6) is 2.31. The standard InChI is InChI=1S/C12H9F2N3O3S/c13-9-6-8(2-1-4-15)12(10(14)7-9)21(18,19)17-11-3-5-20-16-11/h3,5-7H,4,15H2,(H,16,17). The molecule has 9 heteroatoms. The van der Waals surface area contributed by atoms with E-state index >= 15 is 0 Å². The Balaban J connectivity index is 2.56. The molecule has 1 heterocycles. The summed E-state index contributed by atoms with van der Waals surface area (Å²) in [4.78, 5) is -0.784. The molecule has 3 N–H and O–H groups in total. The lowest BCUT2D eigenvalue weighted by molar-refractivity contribution is 0.423. The average Bonchev–Trinajstić information content (AvgIpc) is 2.86. The highest BCUT2D eigenvalue weighted by Crippen LogP contribution is 2.23. The summed E-state index contributed by atoms with van der Waals surface area (Å²) in [6.07, 6.45) is 1.13. The van der Waals surface area contributed by atoms with Gasteiger partial charge in [-0.15, -0.1) is 0 Å². The van der Waals surface area contributed by atoms with Crippen LogP contribution in [0.15, 0.2) is 33.9 Å². The highest BCUT2D eigenvalue weighted by molar-refractivity contribution is 7.92. The highest BCUT2D eigenvalue weighted by Gasteiger charge is 2.25. The molecule has 6 nitrogen and oxygen atoms in total. The van der Waals surface area contributed by atoms with Gasteiger partial charge in [-0.25, -0.2) is 17.2 Å². The Labute approximate surface area is 119 Å². The monoisotopic (exact) mass is 313 g/mol. The Morgan fingerprint density at radius 1 is 1.38 bits per heavy atom. The zero-order valence-electron chi connectivity index (χ0n) is 10.4. The summed E-state index contributed by atoms with van der Waals surface area (Å²) in [7, 11) is -4.35. The first-order chi connectivity index (χ1) is 9.94. The van der Waals surface area contributed by atoms with Crippen LogP contribution in [-0.4, -0.2) is 20.1 Å². The van der Waals surface area contributed by atoms with Crippen LogP contribution in [0, 0.1) is 23.5 Å². The van der Waals surface area contributed by atoms with E-state index in [1.54, 1.807) is 0 Å². The van der Waals surface area contributed by atoms with Crippen LogP contribution in [0.3, 0.4) is 0 Å². The number of rotatable bonds is 3. The number of nitrogens with two attached hydrogens (primary N) is 1. The summed E-state index contributed by atoms with van der Waals surface area (Å²) in [6.45, 7) is -0.0890. The van der Waals surface area contributed by atoms with Gasteiger partial charge >= 0.3 is 0 Å². The van der Waals surface area contributed by atoms with Crippen molar-refractivity contribution in [3.8, 4) is 11.8 Å². The van der Waals surface area contributed by atoms with Crippen molar-refractivity contribution in [3.05, 3.63) is 41.7 Å². The number of halogens is 2. The van der Waals surface area contributed by atoms with Gasteiger partial charge in [0.25, 0.3) is 10.0 Å². The minimum atomic E-state index is -4.35. The second kappa shape index (κ2) is 5.90. The zero-order valence-corrected chi connectivity index (χ0v) is 11.2. The van der Waals surface area contributed by atoms with Crippen LogP contribution in [0.5, 0.6) is 0 Å². The van der Waals surface area contributed by atoms with Crippen molar-refractivity contribution in [3.63, 3.8) is 0 Å². The molecule has 0 unspecified atom stereocenters. The molecule has 2 rings (SSSR count). The van der Waals surface area contributed by atoms with E-state index < -0.39 is 26.6 Å². The van der Waals surface area contributed by atoms with Crippen molar-refractivity contribution in [2.75, 3.05) is 11.3 Å². The molecule has 110 valence electrons. The van der Waals surface area contributed by atoms with Gasteiger partial charge in [-0.2, -0.15) is 0 Å². The van der Waals surface area contributed by atoms with E-state index in [9.17, 15) is 17.2 Å². The quantitative estimate of drug-likeness (QED) is 0.826. The van der Waals surface area contributed by atoms with E-state index in [1.807, 2.05) is 4.72 Å². The molecule has 0 saturated carbocycles. The molecule has 0 aliphatic heterocycles. The smallest absolute Gasteiger partial charge is 0.267 e. The molecule has 1 aromatic carbocycles. The fourth-order valence-electron chi connectivity index (χ4n) is 1.53. The number of nitrogens with zero attached hydrogens (tertiary/aromatic N) is 1. The van der Waals surface area contributed by atoms with Gasteiger partial charge in [-0.1, -0.05) is 17.0 Å². The number of anilines is 1. The molecule has 0 fully saturated rings. The van der Waals surface area contributed by atoms with Crippen LogP contribution >= 0.6 is 0 Å². The minimum absolute atomic E-state index is 0.0890. The van der Waals surface area contributed by atoms with Gasteiger partial charge in [0.1, 0.15) is 22.8 Å². The van der Waals surface area contributed by atoms with Crippen molar-refractivity contribution >= 4 is 15.8 Å². The van der Waals surface area contributed by atoms with E-state index in [0.717, 1.165) is 12.3 Å². The van der Waals surface area contributed by atoms with Crippen LogP contribution in [0.25, 0.3) is 0 Å². The average molecular weight is 313 g/mol. The number of aromatic nitrogens is 1. The van der Waals surface area contributed by atoms with E-state index in [-0.39, 0.29) is 17.9 Å². The molecule has 0 bridgehead atoms. The largest absolute Gasteiger partial charge is 0.363 e. The number of hydrogen-bond acceptors (Lipinski definition) is 5. The molecule has 0 amide bonds. The summed E-state index contributed by atoms with van der Waals surface area (Å²) >= 11 is 0. The van der Waals surface area contributed by atoms with Crippen molar-refractivity contribution in [1.82, 2.24) is 5.16 Å². The van der Waals surface area contributed by atoms with E-state index in [2.05, 4.69) is 21.5 Å². The molecule has 0 spiro atoms. The van der Waals surface area contributed by atoms with Gasteiger partial charge < -0.3 is 10.3 Å². The normalized spacial score (nSPS) is 10.8. The molecule has 0 saturated heterocycles. The SMILES string of the molecule is NCC#Cc1cc(F)cc(F)c1S(=O)(=O)Nc1ccon1. The van der Waals surface area contributed by atoms with Gasteiger partial charge in [-0.3, -0.25) is 4.72 Å². The lowest BCUT2D eigenvalue weighted by Gasteiger charge is -2.08. The molecule has 1 aromatic heterocycles. The van der Waals surface area contributed by atoms with Gasteiger partial charge in [0.05, 0.1) is 12.1 Å². The Kier molecular flexibility index (Phi) is 4.21. The van der Waals surface area contributed by atoms with Crippen LogP contribution in [0.2, 0.25) is 0 Å². The first-order valence-electron chi connectivity index (χ1n) is 5.55. The molecule has 21 heavy (non-hydrogen) atoms. The van der Waals surface area contributed by atoms with Crippen molar-refractivity contribution in [2.24, 2.45) is 5.73 Å². The van der Waals surface area contributed by atoms with Crippen LogP contribution in [-0.2, 0) is 10.0 Å². The molecule has 0 aliphatic carbocycles. The van der Waals surface area contributed by atoms with Crippen molar-refractivity contribution in [1.29, 1.82) is 0 Å². The van der Waals surface area contributed by atoms with Gasteiger partial charge in [-0.05, 0) is 6.07 Å². The van der Waals surface area contributed by atoms with Crippen molar-refractivity contribution in [2.45, 2.75) is 4.90 Å². The predicted molar refractivity (Wildman–Crippen MR) is 69.6 cm³/mol. The minimum Gasteiger partial charge on any atom is -0.363 e. The van der Waals surface area contributed by atoms with Crippen LogP contribution in [0.4, 0.5) is 14.6 Å². The summed E-state index contributed by atoms with van der Waals surface area (Å²) in [6, 6.07) is 2.48. The lowest BCUT2D eigenvalue weighted by atomic mass is 10.2. The molecule has 0 atom stereocenters. The fraction of sp³-hybridized carbons (Fsp3) is 0.0833. The first kappa shape index (κ1) is 15.0. The summed E-state index contributed by atoms with van der Waals surface area (Å²) < 4.78 is 57.9. The topological polar surface area (TPSA) is 98.2 Å². The number of benzene rings is 1. The summed E-state index contributed by atoms with van der Waals surface area (Å²) in [5, 5.41) is 3.35. The third-order valence-electron chi connectivity index (χ3n) is 2.28. The van der Waals surface area contributed by atoms with E-state index in [1.165, 1.54) is 6.07 Å². The third kappa shape index (κ3) is 3.36. The maximum absolute atomic E-state index is 13.9. The van der Waals surface area contributed by atoms with Gasteiger partial charge in [0.2, 0.25) is 0 Å². The molecule has 0 radical (unpaired) electrons. The zero-order chi connectivity index (χ0) is 15.5. The maximum Gasteiger partial charge on any atom is 0.267 e. The van der Waals surface area contributed by atoms with Crippen molar-refractivity contribution < 1.29 is 21.7 Å². The number of sulfonamides is 1. The van der Waals surface area contributed by atoms with Gasteiger partial charge in [0.15, 0.2) is 5.82 Å². The molecular formula is C12H9F2N3O3S. The van der Waals surface area contributed by atoms with E-state index in [4.69, 9.17) is 5.73 Å². The number of nitrogens with one attached hydrogen (secondary N) is 1. The Morgan fingerprint density at radius 3 is 2.76 bits per heavy atom. The van der Waals surface area contributed by atoms with Gasteiger partial charge in [0, 0.05) is 12.1 Å². The van der Waals surface area contributed by atoms with Crippen LogP contribution in [0.1, 0.15) is 5.56 Å². The Hall–Kier alpha value is -2.44. The highest BCUT2D eigenvalue weighted by atomic mass is 32.2. The Morgan fingerprint density at radius 2 is 2.14 bits per heavy atom. The maximum atomic E-state index is 13.9. The molecular weight excluding hydrogens is 304 g/mol. The predicted octanol–water partition coefficient (Wildman–Crippen LogP) is 1.06. The lowest BCUT2D eigenvalue weighted by Crippen LogP contribution is -2.17. The van der Waals surface area contributed by atoms with E-state index in [0.29, 0.717) is 6.07 Å². The second-order valence-corrected chi connectivity index (χ2v) is 5.38. The first-order valence-corrected chi connectivity index (χ1v) is 7.03. The number of hydrogen-bond donors (Lipinski definition) is 2. The molecule has 0 aliphatic rings. The summed E-state index contributed by atoms with van der Waals surface area (Å²) in [5.41, 5.74) is 4.83. The third-order valence-corrected chi connectivity index (χ3v) is 3.71. The second-order valence-electron chi connectivity index (χ2n) is 3.76. The Bertz CT molecular complexity index is 808.